The van der Waals surface area contributed by atoms with Crippen LogP contribution in [0.25, 0.3) is 0 Å². The molecule has 0 aliphatic heterocycles. The molecule has 0 unspecified atom stereocenters. The molecule has 1 saturated carbocycles. The zero-order valence-electron chi connectivity index (χ0n) is 11.5. The second-order valence-corrected chi connectivity index (χ2v) is 5.36. The molecule has 0 bridgehead atoms. The molecule has 1 aliphatic rings. The molecule has 4 heteroatoms. The van der Waals surface area contributed by atoms with Gasteiger partial charge in [0.05, 0.1) is 19.2 Å². The number of aromatic nitrogens is 1. The third-order valence-electron chi connectivity index (χ3n) is 3.96. The van der Waals surface area contributed by atoms with E-state index in [4.69, 9.17) is 4.74 Å². The second-order valence-electron chi connectivity index (χ2n) is 5.36. The lowest BCUT2D eigenvalue weighted by Gasteiger charge is -2.27. The highest BCUT2D eigenvalue weighted by Crippen LogP contribution is 2.32. The smallest absolute Gasteiger partial charge is 0.308 e. The molecule has 19 heavy (non-hydrogen) atoms. The van der Waals surface area contributed by atoms with E-state index < -0.39 is 0 Å². The highest BCUT2D eigenvalue weighted by atomic mass is 19.1. The van der Waals surface area contributed by atoms with Crippen LogP contribution in [0.5, 0.6) is 0 Å². The summed E-state index contributed by atoms with van der Waals surface area (Å²) in [6.07, 6.45) is 5.65. The van der Waals surface area contributed by atoms with Gasteiger partial charge in [0.25, 0.3) is 0 Å². The van der Waals surface area contributed by atoms with Crippen LogP contribution in [-0.2, 0) is 16.0 Å². The lowest BCUT2D eigenvalue weighted by Crippen LogP contribution is -2.23. The summed E-state index contributed by atoms with van der Waals surface area (Å²) in [6, 6.07) is 1.82. The molecular weight excluding hydrogens is 245 g/mol. The van der Waals surface area contributed by atoms with Crippen molar-refractivity contribution in [3.05, 3.63) is 29.3 Å². The van der Waals surface area contributed by atoms with E-state index in [1.807, 2.05) is 13.0 Å². The Hall–Kier alpha value is -1.45. The minimum absolute atomic E-state index is 0.0327. The van der Waals surface area contributed by atoms with E-state index in [9.17, 15) is 9.18 Å². The molecule has 1 aromatic heterocycles. The van der Waals surface area contributed by atoms with Gasteiger partial charge in [-0.25, -0.2) is 4.39 Å². The van der Waals surface area contributed by atoms with Crippen LogP contribution in [0.4, 0.5) is 4.39 Å². The summed E-state index contributed by atoms with van der Waals surface area (Å²) < 4.78 is 18.4. The van der Waals surface area contributed by atoms with Crippen LogP contribution in [0.15, 0.2) is 12.3 Å². The summed E-state index contributed by atoms with van der Waals surface area (Å²) in [5.74, 6) is 0.160. The molecule has 1 aromatic rings. The molecule has 0 atom stereocenters. The monoisotopic (exact) mass is 265 g/mol. The van der Waals surface area contributed by atoms with Gasteiger partial charge in [0.2, 0.25) is 0 Å². The van der Waals surface area contributed by atoms with E-state index >= 15 is 0 Å². The minimum Gasteiger partial charge on any atom is -0.469 e. The summed E-state index contributed by atoms with van der Waals surface area (Å²) in [7, 11) is 1.43. The van der Waals surface area contributed by atoms with Gasteiger partial charge < -0.3 is 4.74 Å². The number of pyridine rings is 1. The van der Waals surface area contributed by atoms with Crippen LogP contribution in [0.3, 0.4) is 0 Å². The summed E-state index contributed by atoms with van der Waals surface area (Å²) >= 11 is 0. The molecule has 104 valence electrons. The van der Waals surface area contributed by atoms with Gasteiger partial charge in [-0.2, -0.15) is 0 Å². The lowest BCUT2D eigenvalue weighted by atomic mass is 9.79. The van der Waals surface area contributed by atoms with Crippen LogP contribution < -0.4 is 0 Å². The fraction of sp³-hybridized carbons (Fsp3) is 0.600. The Kier molecular flexibility index (Phi) is 4.51. The van der Waals surface area contributed by atoms with Crippen molar-refractivity contribution < 1.29 is 13.9 Å². The fourth-order valence-corrected chi connectivity index (χ4v) is 2.84. The maximum absolute atomic E-state index is 13.6. The van der Waals surface area contributed by atoms with Crippen molar-refractivity contribution in [3.63, 3.8) is 0 Å². The fourth-order valence-electron chi connectivity index (χ4n) is 2.84. The van der Waals surface area contributed by atoms with Gasteiger partial charge in [-0.15, -0.1) is 0 Å². The highest BCUT2D eigenvalue weighted by Gasteiger charge is 2.27. The Morgan fingerprint density at radius 1 is 1.42 bits per heavy atom. The largest absolute Gasteiger partial charge is 0.469 e. The Labute approximate surface area is 113 Å². The van der Waals surface area contributed by atoms with E-state index in [1.54, 1.807) is 0 Å². The number of nitrogens with zero attached hydrogens (tertiary/aromatic N) is 1. The number of carbonyl (C=O) groups excluding carboxylic acids is 1. The van der Waals surface area contributed by atoms with Gasteiger partial charge in [-0.05, 0) is 56.6 Å². The number of methoxy groups -OCH3 is 1. The molecule has 0 radical (unpaired) electrons. The normalized spacial score (nSPS) is 23.1. The van der Waals surface area contributed by atoms with Crippen molar-refractivity contribution in [2.24, 2.45) is 11.8 Å². The van der Waals surface area contributed by atoms with Crippen molar-refractivity contribution in [3.8, 4) is 0 Å². The second kappa shape index (κ2) is 6.13. The zero-order valence-corrected chi connectivity index (χ0v) is 11.5. The Morgan fingerprint density at radius 3 is 2.74 bits per heavy atom. The van der Waals surface area contributed by atoms with Crippen LogP contribution in [0.1, 0.15) is 36.9 Å². The number of esters is 1. The molecule has 0 spiro atoms. The average Bonchev–Trinajstić information content (AvgIpc) is 2.43. The topological polar surface area (TPSA) is 39.2 Å². The molecule has 2 rings (SSSR count). The van der Waals surface area contributed by atoms with Crippen LogP contribution in [0.2, 0.25) is 0 Å². The van der Waals surface area contributed by atoms with E-state index in [2.05, 4.69) is 4.98 Å². The van der Waals surface area contributed by atoms with Crippen molar-refractivity contribution in [2.45, 2.75) is 39.0 Å². The summed E-state index contributed by atoms with van der Waals surface area (Å²) in [5.41, 5.74) is 1.59. The van der Waals surface area contributed by atoms with Crippen molar-refractivity contribution in [1.82, 2.24) is 4.98 Å². The highest BCUT2D eigenvalue weighted by molar-refractivity contribution is 5.72. The number of rotatable bonds is 3. The number of hydrogen-bond donors (Lipinski definition) is 0. The third-order valence-corrected chi connectivity index (χ3v) is 3.96. The van der Waals surface area contributed by atoms with Crippen LogP contribution in [0, 0.1) is 24.6 Å². The Morgan fingerprint density at radius 2 is 2.11 bits per heavy atom. The summed E-state index contributed by atoms with van der Waals surface area (Å²) in [5, 5.41) is 0. The lowest BCUT2D eigenvalue weighted by molar-refractivity contribution is -0.146. The molecule has 0 N–H and O–H groups in total. The zero-order chi connectivity index (χ0) is 13.8. The molecule has 1 aliphatic carbocycles. The first kappa shape index (κ1) is 14.0. The van der Waals surface area contributed by atoms with Gasteiger partial charge in [0.15, 0.2) is 0 Å². The predicted molar refractivity (Wildman–Crippen MR) is 70.1 cm³/mol. The molecule has 3 nitrogen and oxygen atoms in total. The first-order valence-electron chi connectivity index (χ1n) is 6.79. The van der Waals surface area contributed by atoms with Gasteiger partial charge in [-0.3, -0.25) is 9.78 Å². The van der Waals surface area contributed by atoms with Crippen molar-refractivity contribution in [2.75, 3.05) is 7.11 Å². The molecular formula is C15H20FNO2. The number of ether oxygens (including phenoxy) is 1. The van der Waals surface area contributed by atoms with Crippen molar-refractivity contribution in [1.29, 1.82) is 0 Å². The van der Waals surface area contributed by atoms with Gasteiger partial charge in [0, 0.05) is 5.69 Å². The molecule has 0 aromatic carbocycles. The van der Waals surface area contributed by atoms with Crippen LogP contribution in [-0.4, -0.2) is 18.1 Å². The quantitative estimate of drug-likeness (QED) is 0.788. The van der Waals surface area contributed by atoms with Crippen molar-refractivity contribution >= 4 is 5.97 Å². The standard InChI is InChI=1S/C15H20FNO2/c1-10-7-13(14(16)9-17-10)8-11-3-5-12(6-4-11)15(18)19-2/h7,9,11-12H,3-6,8H2,1-2H3/t11-,12-. The predicted octanol–water partition coefficient (Wildman–Crippen LogP) is 3.05. The summed E-state index contributed by atoms with van der Waals surface area (Å²) in [6.45, 7) is 1.87. The SMILES string of the molecule is COC(=O)[C@H]1CC[C@H](Cc2cc(C)ncc2F)CC1. The Bertz CT molecular complexity index is 453. The number of halogens is 1. The summed E-state index contributed by atoms with van der Waals surface area (Å²) in [4.78, 5) is 15.4. The number of carbonyl (C=O) groups is 1. The molecule has 1 fully saturated rings. The number of aryl methyl sites for hydroxylation is 1. The van der Waals surface area contributed by atoms with E-state index in [-0.39, 0.29) is 17.7 Å². The van der Waals surface area contributed by atoms with E-state index in [0.29, 0.717) is 5.92 Å². The molecule has 1 heterocycles. The third kappa shape index (κ3) is 3.52. The van der Waals surface area contributed by atoms with E-state index in [1.165, 1.54) is 13.3 Å². The first-order chi connectivity index (χ1) is 9.10. The molecule has 0 amide bonds. The van der Waals surface area contributed by atoms with Crippen LogP contribution >= 0.6 is 0 Å². The number of hydrogen-bond acceptors (Lipinski definition) is 3. The average molecular weight is 265 g/mol. The maximum atomic E-state index is 13.6. The van der Waals surface area contributed by atoms with E-state index in [0.717, 1.165) is 43.4 Å². The first-order valence-corrected chi connectivity index (χ1v) is 6.79. The maximum Gasteiger partial charge on any atom is 0.308 e. The molecule has 0 saturated heterocycles. The minimum atomic E-state index is -0.222. The van der Waals surface area contributed by atoms with Gasteiger partial charge in [-0.1, -0.05) is 0 Å². The Balaban J connectivity index is 1.92. The van der Waals surface area contributed by atoms with Gasteiger partial charge in [0.1, 0.15) is 5.82 Å². The van der Waals surface area contributed by atoms with Gasteiger partial charge >= 0.3 is 5.97 Å².